The first-order chi connectivity index (χ1) is 9.03. The predicted octanol–water partition coefficient (Wildman–Crippen LogP) is 2.15. The Balaban J connectivity index is 2.92. The zero-order valence-corrected chi connectivity index (χ0v) is 12.3. The number of rotatable bonds is 6. The van der Waals surface area contributed by atoms with Gasteiger partial charge in [0.25, 0.3) is 0 Å². The van der Waals surface area contributed by atoms with Gasteiger partial charge in [-0.25, -0.2) is 0 Å². The van der Waals surface area contributed by atoms with E-state index in [9.17, 15) is 4.79 Å². The third-order valence-corrected chi connectivity index (χ3v) is 3.00. The van der Waals surface area contributed by atoms with E-state index in [0.29, 0.717) is 28.8 Å². The number of benzene rings is 1. The summed E-state index contributed by atoms with van der Waals surface area (Å²) >= 11 is 6.10. The van der Waals surface area contributed by atoms with Gasteiger partial charge in [0, 0.05) is 24.6 Å². The minimum absolute atomic E-state index is 0.108. The molecule has 0 aliphatic rings. The van der Waals surface area contributed by atoms with E-state index in [1.807, 2.05) is 6.92 Å². The summed E-state index contributed by atoms with van der Waals surface area (Å²) in [6, 6.07) is 3.25. The number of nitrogens with one attached hydrogen (secondary N) is 2. The van der Waals surface area contributed by atoms with Gasteiger partial charge in [-0.05, 0) is 7.05 Å². The summed E-state index contributed by atoms with van der Waals surface area (Å²) in [6.07, 6.45) is 0. The second kappa shape index (κ2) is 7.21. The van der Waals surface area contributed by atoms with Gasteiger partial charge < -0.3 is 20.1 Å². The molecule has 0 aliphatic carbocycles. The fraction of sp³-hybridized carbons (Fsp3) is 0.462. The van der Waals surface area contributed by atoms with Crippen LogP contribution >= 0.6 is 11.6 Å². The van der Waals surface area contributed by atoms with Crippen molar-refractivity contribution in [3.63, 3.8) is 0 Å². The third-order valence-electron chi connectivity index (χ3n) is 2.69. The van der Waals surface area contributed by atoms with Gasteiger partial charge in [-0.2, -0.15) is 0 Å². The van der Waals surface area contributed by atoms with E-state index in [0.717, 1.165) is 0 Å². The number of halogens is 1. The lowest BCUT2D eigenvalue weighted by Crippen LogP contribution is -2.28. The van der Waals surface area contributed by atoms with Crippen molar-refractivity contribution in [2.24, 2.45) is 5.92 Å². The van der Waals surface area contributed by atoms with Crippen LogP contribution in [0.1, 0.15) is 6.92 Å². The highest BCUT2D eigenvalue weighted by atomic mass is 35.5. The Hall–Kier alpha value is -1.46. The lowest BCUT2D eigenvalue weighted by atomic mass is 10.1. The lowest BCUT2D eigenvalue weighted by molar-refractivity contribution is -0.119. The molecule has 1 aromatic rings. The minimum atomic E-state index is -0.158. The van der Waals surface area contributed by atoms with Crippen molar-refractivity contribution in [3.05, 3.63) is 17.2 Å². The van der Waals surface area contributed by atoms with Gasteiger partial charge in [0.1, 0.15) is 0 Å². The number of hydrogen-bond donors (Lipinski definition) is 2. The molecule has 1 atom stereocenters. The molecule has 1 unspecified atom stereocenters. The van der Waals surface area contributed by atoms with Crippen molar-refractivity contribution in [1.82, 2.24) is 5.32 Å². The van der Waals surface area contributed by atoms with Crippen LogP contribution in [0.4, 0.5) is 5.69 Å². The standard InChI is InChI=1S/C13H19ClN2O3/c1-8(7-15-2)13(17)16-10-6-12(19-4)11(18-3)5-9(10)14/h5-6,8,15H,7H2,1-4H3,(H,16,17). The summed E-state index contributed by atoms with van der Waals surface area (Å²) in [4.78, 5) is 11.9. The van der Waals surface area contributed by atoms with Crippen LogP contribution in [0.5, 0.6) is 11.5 Å². The third kappa shape index (κ3) is 4.01. The Bertz CT molecular complexity index is 452. The zero-order valence-electron chi connectivity index (χ0n) is 11.5. The smallest absolute Gasteiger partial charge is 0.228 e. The molecule has 0 spiro atoms. The Morgan fingerprint density at radius 3 is 2.42 bits per heavy atom. The summed E-state index contributed by atoms with van der Waals surface area (Å²) in [5.41, 5.74) is 0.507. The molecule has 2 N–H and O–H groups in total. The topological polar surface area (TPSA) is 59.6 Å². The largest absolute Gasteiger partial charge is 0.493 e. The second-order valence-corrected chi connectivity index (χ2v) is 4.54. The van der Waals surface area contributed by atoms with Crippen molar-refractivity contribution in [1.29, 1.82) is 0 Å². The average Bonchev–Trinajstić information content (AvgIpc) is 2.40. The first-order valence-electron chi connectivity index (χ1n) is 5.90. The number of methoxy groups -OCH3 is 2. The number of carbonyl (C=O) groups excluding carboxylic acids is 1. The zero-order chi connectivity index (χ0) is 14.4. The highest BCUT2D eigenvalue weighted by Gasteiger charge is 2.16. The molecular formula is C13H19ClN2O3. The van der Waals surface area contributed by atoms with Crippen molar-refractivity contribution >= 4 is 23.2 Å². The molecule has 0 fully saturated rings. The fourth-order valence-corrected chi connectivity index (χ4v) is 1.81. The van der Waals surface area contributed by atoms with E-state index in [4.69, 9.17) is 21.1 Å². The number of amides is 1. The molecule has 5 nitrogen and oxygen atoms in total. The number of anilines is 1. The first kappa shape index (κ1) is 15.6. The molecule has 0 aliphatic heterocycles. The van der Waals surface area contributed by atoms with Crippen LogP contribution in [0.2, 0.25) is 5.02 Å². The van der Waals surface area contributed by atoms with Crippen LogP contribution in [-0.2, 0) is 4.79 Å². The van der Waals surface area contributed by atoms with E-state index in [-0.39, 0.29) is 11.8 Å². The number of carbonyl (C=O) groups is 1. The van der Waals surface area contributed by atoms with Gasteiger partial charge in [-0.1, -0.05) is 18.5 Å². The van der Waals surface area contributed by atoms with E-state index >= 15 is 0 Å². The molecule has 6 heteroatoms. The maximum Gasteiger partial charge on any atom is 0.228 e. The van der Waals surface area contributed by atoms with E-state index < -0.39 is 0 Å². The van der Waals surface area contributed by atoms with Crippen LogP contribution in [-0.4, -0.2) is 33.7 Å². The molecular weight excluding hydrogens is 268 g/mol. The molecule has 0 bridgehead atoms. The summed E-state index contributed by atoms with van der Waals surface area (Å²) in [5, 5.41) is 6.13. The molecule has 0 saturated heterocycles. The Labute approximate surface area is 118 Å². The predicted molar refractivity (Wildman–Crippen MR) is 76.3 cm³/mol. The van der Waals surface area contributed by atoms with Crippen molar-refractivity contribution < 1.29 is 14.3 Å². The Morgan fingerprint density at radius 1 is 1.32 bits per heavy atom. The van der Waals surface area contributed by atoms with Gasteiger partial charge in [0.15, 0.2) is 11.5 Å². The Morgan fingerprint density at radius 2 is 1.89 bits per heavy atom. The summed E-state index contributed by atoms with van der Waals surface area (Å²) in [5.74, 6) is 0.773. The van der Waals surface area contributed by atoms with Gasteiger partial charge in [0.05, 0.1) is 24.9 Å². The van der Waals surface area contributed by atoms with Crippen molar-refractivity contribution in [2.45, 2.75) is 6.92 Å². The van der Waals surface area contributed by atoms with E-state index in [1.54, 1.807) is 19.2 Å². The molecule has 19 heavy (non-hydrogen) atoms. The summed E-state index contributed by atoms with van der Waals surface area (Å²) in [6.45, 7) is 2.43. The molecule has 0 heterocycles. The van der Waals surface area contributed by atoms with Gasteiger partial charge >= 0.3 is 0 Å². The molecule has 0 aromatic heterocycles. The van der Waals surface area contributed by atoms with Crippen molar-refractivity contribution in [3.8, 4) is 11.5 Å². The monoisotopic (exact) mass is 286 g/mol. The fourth-order valence-electron chi connectivity index (χ4n) is 1.60. The molecule has 0 saturated carbocycles. The Kier molecular flexibility index (Phi) is 5.92. The normalized spacial score (nSPS) is 11.8. The van der Waals surface area contributed by atoms with Crippen LogP contribution in [0.3, 0.4) is 0 Å². The molecule has 106 valence electrons. The maximum absolute atomic E-state index is 11.9. The van der Waals surface area contributed by atoms with Crippen LogP contribution in [0, 0.1) is 5.92 Å². The highest BCUT2D eigenvalue weighted by Crippen LogP contribution is 2.36. The van der Waals surface area contributed by atoms with Crippen molar-refractivity contribution in [2.75, 3.05) is 33.1 Å². The van der Waals surface area contributed by atoms with Gasteiger partial charge in [0.2, 0.25) is 5.91 Å². The highest BCUT2D eigenvalue weighted by molar-refractivity contribution is 6.34. The first-order valence-corrected chi connectivity index (χ1v) is 6.28. The van der Waals surface area contributed by atoms with Gasteiger partial charge in [-0.3, -0.25) is 4.79 Å². The SMILES string of the molecule is CNCC(C)C(=O)Nc1cc(OC)c(OC)cc1Cl. The van der Waals surface area contributed by atoms with Crippen LogP contribution in [0.15, 0.2) is 12.1 Å². The molecule has 1 aromatic carbocycles. The summed E-state index contributed by atoms with van der Waals surface area (Å²) < 4.78 is 10.3. The second-order valence-electron chi connectivity index (χ2n) is 4.14. The van der Waals surface area contributed by atoms with E-state index in [1.165, 1.54) is 14.2 Å². The van der Waals surface area contributed by atoms with Crippen LogP contribution < -0.4 is 20.1 Å². The molecule has 0 radical (unpaired) electrons. The molecule has 1 amide bonds. The minimum Gasteiger partial charge on any atom is -0.493 e. The number of ether oxygens (including phenoxy) is 2. The summed E-state index contributed by atoms with van der Waals surface area (Å²) in [7, 11) is 4.86. The van der Waals surface area contributed by atoms with E-state index in [2.05, 4.69) is 10.6 Å². The molecule has 1 rings (SSSR count). The quantitative estimate of drug-likeness (QED) is 0.841. The van der Waals surface area contributed by atoms with Crippen LogP contribution in [0.25, 0.3) is 0 Å². The lowest BCUT2D eigenvalue weighted by Gasteiger charge is -2.15. The number of hydrogen-bond acceptors (Lipinski definition) is 4. The average molecular weight is 287 g/mol. The van der Waals surface area contributed by atoms with Gasteiger partial charge in [-0.15, -0.1) is 0 Å². The maximum atomic E-state index is 11.9.